The molecule has 4 nitrogen and oxygen atoms in total. The smallest absolute Gasteiger partial charge is 0.129 e. The average molecular weight is 271 g/mol. The van der Waals surface area contributed by atoms with E-state index in [1.54, 1.807) is 6.26 Å². The summed E-state index contributed by atoms with van der Waals surface area (Å²) in [6, 6.07) is 8.90. The molecule has 1 N–H and O–H groups in total. The van der Waals surface area contributed by atoms with Gasteiger partial charge in [-0.25, -0.2) is 4.98 Å². The van der Waals surface area contributed by atoms with E-state index in [9.17, 15) is 0 Å². The first-order valence-corrected chi connectivity index (χ1v) is 7.17. The predicted octanol–water partition coefficient (Wildman–Crippen LogP) is 2.87. The van der Waals surface area contributed by atoms with Crippen molar-refractivity contribution in [2.75, 3.05) is 11.9 Å². The lowest BCUT2D eigenvalue weighted by molar-refractivity contribution is 0.500. The fourth-order valence-electron chi connectivity index (χ4n) is 2.53. The van der Waals surface area contributed by atoms with E-state index in [-0.39, 0.29) is 0 Å². The van der Waals surface area contributed by atoms with Crippen molar-refractivity contribution in [1.29, 1.82) is 0 Å². The molecule has 2 heterocycles. The molecule has 0 spiro atoms. The summed E-state index contributed by atoms with van der Waals surface area (Å²) in [5.41, 5.74) is 2.35. The first kappa shape index (κ1) is 13.2. The van der Waals surface area contributed by atoms with Crippen LogP contribution in [0.2, 0.25) is 0 Å². The summed E-state index contributed by atoms with van der Waals surface area (Å²) in [5.74, 6) is 2.06. The molecule has 0 saturated heterocycles. The van der Waals surface area contributed by atoms with Crippen molar-refractivity contribution >= 4 is 5.82 Å². The quantitative estimate of drug-likeness (QED) is 0.877. The molecule has 0 unspecified atom stereocenters. The molecule has 0 aromatic carbocycles. The van der Waals surface area contributed by atoms with Crippen LogP contribution in [0.1, 0.15) is 29.9 Å². The topological polar surface area (TPSA) is 41.3 Å². The Hall–Kier alpha value is -1.81. The van der Waals surface area contributed by atoms with Crippen LogP contribution in [0.15, 0.2) is 34.9 Å². The van der Waals surface area contributed by atoms with Crippen LogP contribution in [0.4, 0.5) is 5.82 Å². The molecule has 0 amide bonds. The van der Waals surface area contributed by atoms with Gasteiger partial charge in [0.1, 0.15) is 11.6 Å². The fraction of sp³-hybridized carbons (Fsp3) is 0.438. The van der Waals surface area contributed by atoms with Crippen molar-refractivity contribution < 1.29 is 4.42 Å². The Kier molecular flexibility index (Phi) is 3.74. The third-order valence-corrected chi connectivity index (χ3v) is 3.57. The average Bonchev–Trinajstić information content (AvgIpc) is 3.12. The molecule has 4 heteroatoms. The molecule has 1 fully saturated rings. The van der Waals surface area contributed by atoms with Gasteiger partial charge in [0.15, 0.2) is 0 Å². The van der Waals surface area contributed by atoms with Crippen LogP contribution in [0.5, 0.6) is 0 Å². The summed E-state index contributed by atoms with van der Waals surface area (Å²) >= 11 is 0. The number of pyridine rings is 1. The summed E-state index contributed by atoms with van der Waals surface area (Å²) in [7, 11) is 1.97. The van der Waals surface area contributed by atoms with Crippen molar-refractivity contribution in [3.05, 3.63) is 47.5 Å². The van der Waals surface area contributed by atoms with Gasteiger partial charge in [-0.05, 0) is 56.6 Å². The molecule has 1 aliphatic carbocycles. The third kappa shape index (κ3) is 3.02. The molecule has 0 aliphatic heterocycles. The zero-order valence-corrected chi connectivity index (χ0v) is 12.1. The standard InChI is InChI=1S/C16H21N3O/c1-12-8-13(10-17-2)9-16(18-12)19(14-5-6-14)11-15-4-3-7-20-15/h3-4,7-9,14,17H,5-6,10-11H2,1-2H3. The first-order chi connectivity index (χ1) is 9.76. The lowest BCUT2D eigenvalue weighted by Gasteiger charge is -2.23. The van der Waals surface area contributed by atoms with Gasteiger partial charge >= 0.3 is 0 Å². The van der Waals surface area contributed by atoms with E-state index >= 15 is 0 Å². The number of rotatable bonds is 6. The van der Waals surface area contributed by atoms with Crippen molar-refractivity contribution in [3.8, 4) is 0 Å². The maximum absolute atomic E-state index is 5.49. The summed E-state index contributed by atoms with van der Waals surface area (Å²) in [5, 5.41) is 3.20. The largest absolute Gasteiger partial charge is 0.467 e. The number of aromatic nitrogens is 1. The van der Waals surface area contributed by atoms with Gasteiger partial charge in [-0.3, -0.25) is 0 Å². The number of aryl methyl sites for hydroxylation is 1. The number of hydrogen-bond donors (Lipinski definition) is 1. The Bertz CT molecular complexity index is 561. The summed E-state index contributed by atoms with van der Waals surface area (Å²) in [4.78, 5) is 7.08. The van der Waals surface area contributed by atoms with Gasteiger partial charge in [0, 0.05) is 18.3 Å². The molecule has 2 aromatic rings. The van der Waals surface area contributed by atoms with Gasteiger partial charge in [-0.15, -0.1) is 0 Å². The lowest BCUT2D eigenvalue weighted by Crippen LogP contribution is -2.26. The van der Waals surface area contributed by atoms with Gasteiger partial charge in [0.25, 0.3) is 0 Å². The number of nitrogens with zero attached hydrogens (tertiary/aromatic N) is 2. The highest BCUT2D eigenvalue weighted by Crippen LogP contribution is 2.32. The Morgan fingerprint density at radius 3 is 2.90 bits per heavy atom. The molecular formula is C16H21N3O. The van der Waals surface area contributed by atoms with Crippen LogP contribution < -0.4 is 10.2 Å². The molecule has 1 aliphatic rings. The van der Waals surface area contributed by atoms with Gasteiger partial charge in [0.05, 0.1) is 12.8 Å². The number of nitrogens with one attached hydrogen (secondary N) is 1. The van der Waals surface area contributed by atoms with Crippen LogP contribution in [-0.4, -0.2) is 18.1 Å². The minimum absolute atomic E-state index is 0.608. The third-order valence-electron chi connectivity index (χ3n) is 3.57. The maximum atomic E-state index is 5.49. The summed E-state index contributed by atoms with van der Waals surface area (Å²) < 4.78 is 5.49. The highest BCUT2D eigenvalue weighted by atomic mass is 16.3. The van der Waals surface area contributed by atoms with Crippen LogP contribution >= 0.6 is 0 Å². The maximum Gasteiger partial charge on any atom is 0.129 e. The number of furan rings is 1. The molecule has 0 bridgehead atoms. The molecule has 0 radical (unpaired) electrons. The van der Waals surface area contributed by atoms with Crippen molar-refractivity contribution in [1.82, 2.24) is 10.3 Å². The van der Waals surface area contributed by atoms with E-state index in [1.165, 1.54) is 18.4 Å². The SMILES string of the molecule is CNCc1cc(C)nc(N(Cc2ccco2)C2CC2)c1. The molecule has 3 rings (SSSR count). The second-order valence-corrected chi connectivity index (χ2v) is 5.44. The van der Waals surface area contributed by atoms with Crippen molar-refractivity contribution in [2.45, 2.75) is 38.9 Å². The van der Waals surface area contributed by atoms with Crippen LogP contribution in [0.25, 0.3) is 0 Å². The Morgan fingerprint density at radius 1 is 1.40 bits per heavy atom. The lowest BCUT2D eigenvalue weighted by atomic mass is 10.2. The Labute approximate surface area is 119 Å². The van der Waals surface area contributed by atoms with Gasteiger partial charge in [0.2, 0.25) is 0 Å². The molecule has 0 atom stereocenters. The Balaban J connectivity index is 1.86. The van der Waals surface area contributed by atoms with E-state index in [0.29, 0.717) is 6.04 Å². The minimum atomic E-state index is 0.608. The monoisotopic (exact) mass is 271 g/mol. The Morgan fingerprint density at radius 2 is 2.25 bits per heavy atom. The second-order valence-electron chi connectivity index (χ2n) is 5.44. The van der Waals surface area contributed by atoms with Gasteiger partial charge in [-0.1, -0.05) is 0 Å². The number of hydrogen-bond acceptors (Lipinski definition) is 4. The van der Waals surface area contributed by atoms with E-state index in [2.05, 4.69) is 29.3 Å². The van der Waals surface area contributed by atoms with Crippen LogP contribution in [0, 0.1) is 6.92 Å². The highest BCUT2D eigenvalue weighted by molar-refractivity contribution is 5.45. The van der Waals surface area contributed by atoms with E-state index in [4.69, 9.17) is 9.40 Å². The summed E-state index contributed by atoms with van der Waals surface area (Å²) in [6.45, 7) is 3.73. The van der Waals surface area contributed by atoms with Crippen molar-refractivity contribution in [2.24, 2.45) is 0 Å². The molecular weight excluding hydrogens is 250 g/mol. The predicted molar refractivity (Wildman–Crippen MR) is 79.7 cm³/mol. The molecule has 2 aromatic heterocycles. The fourth-order valence-corrected chi connectivity index (χ4v) is 2.53. The van der Waals surface area contributed by atoms with Gasteiger partial charge in [-0.2, -0.15) is 0 Å². The van der Waals surface area contributed by atoms with E-state index in [0.717, 1.165) is 30.4 Å². The van der Waals surface area contributed by atoms with Gasteiger partial charge < -0.3 is 14.6 Å². The molecule has 1 saturated carbocycles. The van der Waals surface area contributed by atoms with Crippen LogP contribution in [-0.2, 0) is 13.1 Å². The van der Waals surface area contributed by atoms with E-state index < -0.39 is 0 Å². The first-order valence-electron chi connectivity index (χ1n) is 7.17. The highest BCUT2D eigenvalue weighted by Gasteiger charge is 2.30. The van der Waals surface area contributed by atoms with E-state index in [1.807, 2.05) is 19.2 Å². The normalized spacial score (nSPS) is 14.5. The summed E-state index contributed by atoms with van der Waals surface area (Å²) in [6.07, 6.45) is 4.23. The second kappa shape index (κ2) is 5.67. The molecule has 106 valence electrons. The zero-order chi connectivity index (χ0) is 13.9. The van der Waals surface area contributed by atoms with Crippen molar-refractivity contribution in [3.63, 3.8) is 0 Å². The van der Waals surface area contributed by atoms with Crippen LogP contribution in [0.3, 0.4) is 0 Å². The molecule has 20 heavy (non-hydrogen) atoms. The zero-order valence-electron chi connectivity index (χ0n) is 12.1. The minimum Gasteiger partial charge on any atom is -0.467 e. The number of anilines is 1.